The Labute approximate surface area is 183 Å². The fraction of sp³-hybridized carbons (Fsp3) is 0.524. The zero-order valence-corrected chi connectivity index (χ0v) is 17.5. The molecule has 0 radical (unpaired) electrons. The third kappa shape index (κ3) is 4.89. The summed E-state index contributed by atoms with van der Waals surface area (Å²) >= 11 is 0. The molecular formula is C21H26F3N5O3. The number of piperazine rings is 1. The molecule has 0 saturated carbocycles. The van der Waals surface area contributed by atoms with E-state index in [1.807, 2.05) is 4.90 Å². The molecule has 0 bridgehead atoms. The molecule has 0 atom stereocenters. The molecule has 2 aliphatic rings. The van der Waals surface area contributed by atoms with E-state index in [1.54, 1.807) is 11.0 Å². The van der Waals surface area contributed by atoms with Gasteiger partial charge in [0.1, 0.15) is 5.69 Å². The average molecular weight is 453 g/mol. The van der Waals surface area contributed by atoms with Crippen molar-refractivity contribution in [1.29, 1.82) is 0 Å². The number of halogens is 3. The van der Waals surface area contributed by atoms with Crippen molar-refractivity contribution in [2.45, 2.75) is 31.9 Å². The summed E-state index contributed by atoms with van der Waals surface area (Å²) in [5.74, 6) is 0. The Hall–Kier alpha value is -2.63. The second kappa shape index (κ2) is 9.08. The van der Waals surface area contributed by atoms with Crippen molar-refractivity contribution in [3.8, 4) is 0 Å². The highest BCUT2D eigenvalue weighted by atomic mass is 19.4. The van der Waals surface area contributed by atoms with Gasteiger partial charge in [0.15, 0.2) is 6.29 Å². The van der Waals surface area contributed by atoms with Crippen LogP contribution in [0.15, 0.2) is 30.5 Å². The standard InChI is InChI=1S/C21H26F3N5O3/c22-21(23,24)16-4-3-15(18(13-16)27-6-1-2-7-27)14-26-9-11-28(12-10-26)20(32)29-8-5-17(25-29)19(30)31/h3-5,8,13,19,30-31H,1-2,6-7,9-12,14H2. The molecule has 1 aromatic carbocycles. The molecule has 0 unspecified atom stereocenters. The lowest BCUT2D eigenvalue weighted by molar-refractivity contribution is -0.137. The number of nitrogens with zero attached hydrogens (tertiary/aromatic N) is 5. The maximum Gasteiger partial charge on any atom is 0.416 e. The molecule has 11 heteroatoms. The van der Waals surface area contributed by atoms with Gasteiger partial charge in [0.05, 0.1) is 5.56 Å². The Morgan fingerprint density at radius 3 is 2.31 bits per heavy atom. The first-order valence-electron chi connectivity index (χ1n) is 10.6. The smallest absolute Gasteiger partial charge is 0.371 e. The van der Waals surface area contributed by atoms with Crippen molar-refractivity contribution in [3.05, 3.63) is 47.3 Å². The van der Waals surface area contributed by atoms with Gasteiger partial charge in [0.2, 0.25) is 0 Å². The number of aliphatic hydroxyl groups excluding tert-OH is 1. The molecule has 2 aliphatic heterocycles. The van der Waals surface area contributed by atoms with Crippen LogP contribution in [-0.2, 0) is 12.7 Å². The van der Waals surface area contributed by atoms with Gasteiger partial charge in [0, 0.05) is 57.7 Å². The van der Waals surface area contributed by atoms with E-state index in [2.05, 4.69) is 10.00 Å². The number of aromatic nitrogens is 2. The summed E-state index contributed by atoms with van der Waals surface area (Å²) in [5, 5.41) is 22.2. The third-order valence-corrected chi connectivity index (χ3v) is 5.97. The van der Waals surface area contributed by atoms with Crippen molar-refractivity contribution in [3.63, 3.8) is 0 Å². The van der Waals surface area contributed by atoms with Gasteiger partial charge in [-0.3, -0.25) is 4.90 Å². The van der Waals surface area contributed by atoms with E-state index in [-0.39, 0.29) is 11.7 Å². The van der Waals surface area contributed by atoms with E-state index >= 15 is 0 Å². The Morgan fingerprint density at radius 1 is 1.03 bits per heavy atom. The highest BCUT2D eigenvalue weighted by molar-refractivity contribution is 5.76. The first kappa shape index (κ1) is 22.6. The van der Waals surface area contributed by atoms with Crippen LogP contribution in [0.1, 0.15) is 36.0 Å². The second-order valence-electron chi connectivity index (χ2n) is 8.14. The van der Waals surface area contributed by atoms with Crippen LogP contribution in [0.2, 0.25) is 0 Å². The van der Waals surface area contributed by atoms with Crippen LogP contribution < -0.4 is 4.90 Å². The molecule has 1 amide bonds. The van der Waals surface area contributed by atoms with E-state index < -0.39 is 18.0 Å². The summed E-state index contributed by atoms with van der Waals surface area (Å²) in [7, 11) is 0. The van der Waals surface area contributed by atoms with Crippen LogP contribution in [0, 0.1) is 0 Å². The van der Waals surface area contributed by atoms with E-state index in [9.17, 15) is 18.0 Å². The summed E-state index contributed by atoms with van der Waals surface area (Å²) in [6.07, 6.45) is -2.79. The number of hydrogen-bond donors (Lipinski definition) is 2. The normalized spacial score (nSPS) is 18.1. The molecule has 174 valence electrons. The van der Waals surface area contributed by atoms with Crippen LogP contribution in [0.25, 0.3) is 0 Å². The SMILES string of the molecule is O=C(N1CCN(Cc2ccc(C(F)(F)F)cc2N2CCCC2)CC1)n1ccc(C(O)O)n1. The van der Waals surface area contributed by atoms with Crippen molar-refractivity contribution < 1.29 is 28.2 Å². The third-order valence-electron chi connectivity index (χ3n) is 5.97. The van der Waals surface area contributed by atoms with Crippen molar-refractivity contribution in [1.82, 2.24) is 19.6 Å². The number of aliphatic hydroxyl groups is 2. The molecule has 8 nitrogen and oxygen atoms in total. The molecule has 2 saturated heterocycles. The minimum absolute atomic E-state index is 0.00580. The predicted octanol–water partition coefficient (Wildman–Crippen LogP) is 2.27. The lowest BCUT2D eigenvalue weighted by atomic mass is 10.1. The van der Waals surface area contributed by atoms with Gasteiger partial charge in [-0.2, -0.15) is 23.0 Å². The topological polar surface area (TPSA) is 85.1 Å². The van der Waals surface area contributed by atoms with Crippen molar-refractivity contribution in [2.75, 3.05) is 44.2 Å². The van der Waals surface area contributed by atoms with Gasteiger partial charge in [-0.05, 0) is 36.6 Å². The van der Waals surface area contributed by atoms with Crippen LogP contribution >= 0.6 is 0 Å². The van der Waals surface area contributed by atoms with Gasteiger partial charge < -0.3 is 20.0 Å². The molecule has 2 fully saturated rings. The zero-order valence-electron chi connectivity index (χ0n) is 17.5. The fourth-order valence-corrected chi connectivity index (χ4v) is 4.19. The number of carbonyl (C=O) groups is 1. The van der Waals surface area contributed by atoms with Crippen molar-refractivity contribution >= 4 is 11.7 Å². The summed E-state index contributed by atoms with van der Waals surface area (Å²) in [4.78, 5) is 18.4. The van der Waals surface area contributed by atoms with Gasteiger partial charge in [-0.25, -0.2) is 4.79 Å². The first-order chi connectivity index (χ1) is 15.2. The van der Waals surface area contributed by atoms with E-state index in [0.29, 0.717) is 38.4 Å². The number of rotatable bonds is 4. The summed E-state index contributed by atoms with van der Waals surface area (Å²) < 4.78 is 40.8. The van der Waals surface area contributed by atoms with Gasteiger partial charge in [0.25, 0.3) is 0 Å². The average Bonchev–Trinajstić information content (AvgIpc) is 3.46. The summed E-state index contributed by atoms with van der Waals surface area (Å²) in [6, 6.07) is 4.97. The fourth-order valence-electron chi connectivity index (χ4n) is 4.19. The molecule has 2 N–H and O–H groups in total. The molecule has 32 heavy (non-hydrogen) atoms. The monoisotopic (exact) mass is 453 g/mol. The molecule has 2 aromatic rings. The highest BCUT2D eigenvalue weighted by Gasteiger charge is 2.32. The molecular weight excluding hydrogens is 427 g/mol. The van der Waals surface area contributed by atoms with Crippen LogP contribution in [0.3, 0.4) is 0 Å². The Balaban J connectivity index is 1.41. The lowest BCUT2D eigenvalue weighted by Gasteiger charge is -2.35. The summed E-state index contributed by atoms with van der Waals surface area (Å²) in [6.45, 7) is 4.04. The van der Waals surface area contributed by atoms with Crippen LogP contribution in [-0.4, -0.2) is 75.1 Å². The van der Waals surface area contributed by atoms with Crippen molar-refractivity contribution in [2.24, 2.45) is 0 Å². The lowest BCUT2D eigenvalue weighted by Crippen LogP contribution is -2.49. The summed E-state index contributed by atoms with van der Waals surface area (Å²) in [5.41, 5.74) is 0.856. The van der Waals surface area contributed by atoms with Crippen LogP contribution in [0.5, 0.6) is 0 Å². The maximum atomic E-state index is 13.2. The van der Waals surface area contributed by atoms with Gasteiger partial charge in [-0.15, -0.1) is 0 Å². The molecule has 4 rings (SSSR count). The Bertz CT molecular complexity index is 948. The minimum Gasteiger partial charge on any atom is -0.371 e. The zero-order chi connectivity index (χ0) is 22.9. The number of alkyl halides is 3. The number of benzene rings is 1. The molecule has 3 heterocycles. The predicted molar refractivity (Wildman–Crippen MR) is 110 cm³/mol. The van der Waals surface area contributed by atoms with E-state index in [1.165, 1.54) is 18.3 Å². The largest absolute Gasteiger partial charge is 0.416 e. The Kier molecular flexibility index (Phi) is 6.40. The Morgan fingerprint density at radius 2 is 1.72 bits per heavy atom. The number of hydrogen-bond acceptors (Lipinski definition) is 6. The number of amides is 1. The quantitative estimate of drug-likeness (QED) is 0.691. The van der Waals surface area contributed by atoms with Gasteiger partial charge in [-0.1, -0.05) is 6.07 Å². The van der Waals surface area contributed by atoms with E-state index in [4.69, 9.17) is 10.2 Å². The number of anilines is 1. The molecule has 0 aliphatic carbocycles. The van der Waals surface area contributed by atoms with Crippen LogP contribution in [0.4, 0.5) is 23.7 Å². The first-order valence-corrected chi connectivity index (χ1v) is 10.6. The minimum atomic E-state index is -4.38. The highest BCUT2D eigenvalue weighted by Crippen LogP contribution is 2.35. The molecule has 1 aromatic heterocycles. The number of carbonyl (C=O) groups excluding carboxylic acids is 1. The van der Waals surface area contributed by atoms with E-state index in [0.717, 1.165) is 42.2 Å². The van der Waals surface area contributed by atoms with Gasteiger partial charge >= 0.3 is 12.2 Å². The molecule has 0 spiro atoms. The second-order valence-corrected chi connectivity index (χ2v) is 8.14. The maximum absolute atomic E-state index is 13.2.